The molecule has 1 amide bonds. The first-order valence-corrected chi connectivity index (χ1v) is 7.80. The molecule has 0 heterocycles. The Hall–Kier alpha value is -1.79. The van der Waals surface area contributed by atoms with E-state index in [9.17, 15) is 4.79 Å². The first-order valence-electron chi connectivity index (χ1n) is 7.80. The summed E-state index contributed by atoms with van der Waals surface area (Å²) in [6, 6.07) is 6.27. The predicted octanol–water partition coefficient (Wildman–Crippen LogP) is 2.32. The Morgan fingerprint density at radius 3 is 2.71 bits per heavy atom. The normalized spacial score (nSPS) is 17.0. The van der Waals surface area contributed by atoms with Crippen molar-refractivity contribution in [2.24, 2.45) is 11.7 Å². The Kier molecular flexibility index (Phi) is 3.98. The lowest BCUT2D eigenvalue weighted by atomic mass is 10.0. The maximum atomic E-state index is 12.9. The summed E-state index contributed by atoms with van der Waals surface area (Å²) < 4.78 is 0. The van der Waals surface area contributed by atoms with Crippen molar-refractivity contribution >= 4 is 5.91 Å². The molecule has 110 valence electrons. The van der Waals surface area contributed by atoms with Crippen molar-refractivity contribution in [3.63, 3.8) is 0 Å². The van der Waals surface area contributed by atoms with Crippen LogP contribution in [-0.2, 0) is 0 Å². The van der Waals surface area contributed by atoms with Crippen LogP contribution >= 0.6 is 0 Å². The standard InChI is InChI=1S/C18H22N2O/c1-13-15(5-3-11-19)4-2-6-17(13)18(21)20(16-9-10-16)12-14-7-8-14/h2,4,6,14,16H,7-12,19H2,1H3. The molecule has 3 nitrogen and oxygen atoms in total. The predicted molar refractivity (Wildman–Crippen MR) is 83.9 cm³/mol. The Labute approximate surface area is 126 Å². The molecule has 0 saturated heterocycles. The Bertz CT molecular complexity index is 603. The minimum atomic E-state index is 0.179. The van der Waals surface area contributed by atoms with E-state index in [1.165, 1.54) is 12.8 Å². The second-order valence-corrected chi connectivity index (χ2v) is 6.12. The molecule has 0 bridgehead atoms. The molecule has 1 aromatic rings. The number of benzene rings is 1. The molecule has 3 heteroatoms. The quantitative estimate of drug-likeness (QED) is 0.862. The van der Waals surface area contributed by atoms with Crippen LogP contribution in [-0.4, -0.2) is 29.9 Å². The summed E-state index contributed by atoms with van der Waals surface area (Å²) in [6.45, 7) is 3.26. The summed E-state index contributed by atoms with van der Waals surface area (Å²) in [7, 11) is 0. The lowest BCUT2D eigenvalue weighted by Gasteiger charge is -2.23. The van der Waals surface area contributed by atoms with Crippen molar-refractivity contribution in [3.8, 4) is 11.8 Å². The van der Waals surface area contributed by atoms with Gasteiger partial charge in [-0.3, -0.25) is 4.79 Å². The van der Waals surface area contributed by atoms with Gasteiger partial charge in [0.2, 0.25) is 0 Å². The zero-order valence-electron chi connectivity index (χ0n) is 12.6. The fourth-order valence-electron chi connectivity index (χ4n) is 2.67. The molecular weight excluding hydrogens is 260 g/mol. The van der Waals surface area contributed by atoms with Gasteiger partial charge in [-0.05, 0) is 56.2 Å². The van der Waals surface area contributed by atoms with Gasteiger partial charge in [0.1, 0.15) is 0 Å². The van der Waals surface area contributed by atoms with Crippen LogP contribution in [0, 0.1) is 24.7 Å². The lowest BCUT2D eigenvalue weighted by Crippen LogP contribution is -2.35. The van der Waals surface area contributed by atoms with E-state index in [4.69, 9.17) is 5.73 Å². The Balaban J connectivity index is 1.85. The van der Waals surface area contributed by atoms with Gasteiger partial charge in [-0.15, -0.1) is 0 Å². The highest BCUT2D eigenvalue weighted by Crippen LogP contribution is 2.36. The van der Waals surface area contributed by atoms with E-state index in [1.54, 1.807) is 0 Å². The first-order chi connectivity index (χ1) is 10.2. The van der Waals surface area contributed by atoms with Crippen LogP contribution in [0.2, 0.25) is 0 Å². The first kappa shape index (κ1) is 14.2. The number of amides is 1. The van der Waals surface area contributed by atoms with Crippen LogP contribution in [0.4, 0.5) is 0 Å². The van der Waals surface area contributed by atoms with Gasteiger partial charge >= 0.3 is 0 Å². The van der Waals surface area contributed by atoms with Crippen LogP contribution in [0.1, 0.15) is 47.2 Å². The Morgan fingerprint density at radius 2 is 2.10 bits per heavy atom. The molecule has 21 heavy (non-hydrogen) atoms. The zero-order chi connectivity index (χ0) is 14.8. The Morgan fingerprint density at radius 1 is 1.33 bits per heavy atom. The van der Waals surface area contributed by atoms with Gasteiger partial charge in [0.05, 0.1) is 6.54 Å². The monoisotopic (exact) mass is 282 g/mol. The molecule has 2 aliphatic rings. The average Bonchev–Trinajstić information content (AvgIpc) is 3.36. The van der Waals surface area contributed by atoms with E-state index in [1.807, 2.05) is 25.1 Å². The third-order valence-electron chi connectivity index (χ3n) is 4.29. The molecule has 0 aliphatic heterocycles. The summed E-state index contributed by atoms with van der Waals surface area (Å²) in [6.07, 6.45) is 4.86. The van der Waals surface area contributed by atoms with Crippen molar-refractivity contribution < 1.29 is 4.79 Å². The third kappa shape index (κ3) is 3.28. The average molecular weight is 282 g/mol. The van der Waals surface area contributed by atoms with Crippen molar-refractivity contribution in [1.82, 2.24) is 4.90 Å². The number of nitrogens with zero attached hydrogens (tertiary/aromatic N) is 1. The van der Waals surface area contributed by atoms with E-state index >= 15 is 0 Å². The highest BCUT2D eigenvalue weighted by molar-refractivity contribution is 5.96. The summed E-state index contributed by atoms with van der Waals surface area (Å²) in [5, 5.41) is 0. The zero-order valence-corrected chi connectivity index (χ0v) is 12.6. The van der Waals surface area contributed by atoms with Gasteiger partial charge in [-0.25, -0.2) is 0 Å². The molecule has 0 radical (unpaired) electrons. The fraction of sp³-hybridized carbons (Fsp3) is 0.500. The number of rotatable bonds is 4. The minimum absolute atomic E-state index is 0.179. The van der Waals surface area contributed by atoms with Gasteiger partial charge in [0, 0.05) is 23.7 Å². The van der Waals surface area contributed by atoms with Gasteiger partial charge in [-0.1, -0.05) is 17.9 Å². The van der Waals surface area contributed by atoms with E-state index in [0.717, 1.165) is 42.0 Å². The number of carbonyl (C=O) groups is 1. The minimum Gasteiger partial charge on any atom is -0.335 e. The maximum Gasteiger partial charge on any atom is 0.254 e. The van der Waals surface area contributed by atoms with Crippen LogP contribution in [0.5, 0.6) is 0 Å². The van der Waals surface area contributed by atoms with Gasteiger partial charge < -0.3 is 10.6 Å². The second-order valence-electron chi connectivity index (χ2n) is 6.12. The molecule has 3 rings (SSSR count). The molecule has 0 unspecified atom stereocenters. The topological polar surface area (TPSA) is 46.3 Å². The summed E-state index contributed by atoms with van der Waals surface area (Å²) in [5.74, 6) is 6.84. The van der Waals surface area contributed by atoms with E-state index in [2.05, 4.69) is 16.7 Å². The molecular formula is C18H22N2O. The van der Waals surface area contributed by atoms with Crippen LogP contribution in [0.3, 0.4) is 0 Å². The van der Waals surface area contributed by atoms with Crippen LogP contribution < -0.4 is 5.73 Å². The third-order valence-corrected chi connectivity index (χ3v) is 4.29. The summed E-state index contributed by atoms with van der Waals surface area (Å²) in [5.41, 5.74) is 8.12. The number of hydrogen-bond acceptors (Lipinski definition) is 2. The molecule has 0 aromatic heterocycles. The lowest BCUT2D eigenvalue weighted by molar-refractivity contribution is 0.0734. The summed E-state index contributed by atoms with van der Waals surface area (Å²) in [4.78, 5) is 15.0. The van der Waals surface area contributed by atoms with E-state index in [0.29, 0.717) is 12.6 Å². The van der Waals surface area contributed by atoms with Crippen molar-refractivity contribution in [2.45, 2.75) is 38.6 Å². The maximum absolute atomic E-state index is 12.9. The highest BCUT2D eigenvalue weighted by Gasteiger charge is 2.37. The molecule has 0 spiro atoms. The largest absolute Gasteiger partial charge is 0.335 e. The van der Waals surface area contributed by atoms with Crippen molar-refractivity contribution in [2.75, 3.05) is 13.1 Å². The molecule has 2 fully saturated rings. The molecule has 2 aliphatic carbocycles. The van der Waals surface area contributed by atoms with E-state index in [-0.39, 0.29) is 5.91 Å². The van der Waals surface area contributed by atoms with Gasteiger partial charge in [0.15, 0.2) is 0 Å². The molecule has 2 saturated carbocycles. The highest BCUT2D eigenvalue weighted by atomic mass is 16.2. The molecule has 2 N–H and O–H groups in total. The van der Waals surface area contributed by atoms with Gasteiger partial charge in [-0.2, -0.15) is 0 Å². The van der Waals surface area contributed by atoms with E-state index < -0.39 is 0 Å². The number of hydrogen-bond donors (Lipinski definition) is 1. The van der Waals surface area contributed by atoms with Crippen molar-refractivity contribution in [1.29, 1.82) is 0 Å². The fourth-order valence-corrected chi connectivity index (χ4v) is 2.67. The summed E-state index contributed by atoms with van der Waals surface area (Å²) >= 11 is 0. The van der Waals surface area contributed by atoms with Crippen LogP contribution in [0.15, 0.2) is 18.2 Å². The number of carbonyl (C=O) groups excluding carboxylic acids is 1. The SMILES string of the molecule is Cc1c(C#CCN)cccc1C(=O)N(CC1CC1)C1CC1. The number of nitrogens with two attached hydrogens (primary N) is 1. The molecule has 1 aromatic carbocycles. The van der Waals surface area contributed by atoms with Crippen LogP contribution in [0.25, 0.3) is 0 Å². The second kappa shape index (κ2) is 5.91. The smallest absolute Gasteiger partial charge is 0.254 e. The molecule has 0 atom stereocenters. The van der Waals surface area contributed by atoms with Gasteiger partial charge in [0.25, 0.3) is 5.91 Å². The van der Waals surface area contributed by atoms with Crippen molar-refractivity contribution in [3.05, 3.63) is 34.9 Å².